The van der Waals surface area contributed by atoms with Crippen molar-refractivity contribution < 1.29 is 47.7 Å². The highest BCUT2D eigenvalue weighted by atomic mass is 16.6. The van der Waals surface area contributed by atoms with Gasteiger partial charge in [0, 0.05) is 50.9 Å². The summed E-state index contributed by atoms with van der Waals surface area (Å²) in [6.45, 7) is 23.2. The molecule has 0 saturated heterocycles. The lowest BCUT2D eigenvalue weighted by Gasteiger charge is -2.30. The molecule has 0 bridgehead atoms. The van der Waals surface area contributed by atoms with Gasteiger partial charge in [0.05, 0.1) is 13.2 Å². The Hall–Kier alpha value is -3.26. The molecule has 0 saturated carbocycles. The summed E-state index contributed by atoms with van der Waals surface area (Å²) in [5.74, 6) is -0.824. The molecule has 0 heterocycles. The molecule has 14 nitrogen and oxygen atoms in total. The van der Waals surface area contributed by atoms with E-state index in [1.165, 1.54) is 218 Å². The lowest BCUT2D eigenvalue weighted by molar-refractivity contribution is -0.151. The molecule has 14 heteroatoms. The summed E-state index contributed by atoms with van der Waals surface area (Å²) < 4.78 is 23.5. The minimum atomic E-state index is -0.282. The monoisotopic (exact) mass is 1510 g/mol. The van der Waals surface area contributed by atoms with Crippen LogP contribution in [0, 0.1) is 0 Å². The highest BCUT2D eigenvalue weighted by Crippen LogP contribution is 2.23. The van der Waals surface area contributed by atoms with Gasteiger partial charge in [-0.2, -0.15) is 0 Å². The van der Waals surface area contributed by atoms with Crippen LogP contribution in [0.5, 0.6) is 0 Å². The number of carbonyl (C=O) groups excluding carboxylic acids is 6. The van der Waals surface area contributed by atoms with Gasteiger partial charge in [0.1, 0.15) is 18.6 Å². The zero-order chi connectivity index (χ0) is 78.2. The zero-order valence-electron chi connectivity index (χ0n) is 72.3. The van der Waals surface area contributed by atoms with E-state index in [-0.39, 0.29) is 66.4 Å². The zero-order valence-corrected chi connectivity index (χ0v) is 72.3. The third-order valence-electron chi connectivity index (χ3n) is 22.2. The van der Waals surface area contributed by atoms with Crippen molar-refractivity contribution >= 4 is 35.7 Å². The third kappa shape index (κ3) is 74.0. The third-order valence-corrected chi connectivity index (χ3v) is 22.2. The topological polar surface area (TPSA) is 170 Å². The van der Waals surface area contributed by atoms with E-state index in [0.29, 0.717) is 52.0 Å². The molecular weight excluding hydrogens is 1330 g/mol. The average molecular weight is 1510 g/mol. The molecule has 0 radical (unpaired) electrons. The van der Waals surface area contributed by atoms with Gasteiger partial charge in [0.25, 0.3) is 0 Å². The molecule has 0 aliphatic heterocycles. The van der Waals surface area contributed by atoms with Gasteiger partial charge in [-0.1, -0.05) is 324 Å². The van der Waals surface area contributed by atoms with Crippen LogP contribution in [0.15, 0.2) is 0 Å². The van der Waals surface area contributed by atoms with Crippen molar-refractivity contribution in [3.63, 3.8) is 0 Å². The number of esters is 4. The standard InChI is InChI=1S/C93H180N4O10/c1-9-15-21-27-33-35-37-49-65-79-104-90(100)71-59-51-63-77-96(75-61-47-39-45-57-73-92(102)106-86(67-53-41-29-23-17-11-3)68-54-42-30-24-18-12-4)84(7)82-94-88(98)81-89(99)95-83-85(8)97(78-64-52-60-72-91(101)105-80-66-50-38-36-34-28-22-16-10-2)76-62-48-40-46-58-74-93(103)107-87(69-55-43-31-25-19-13-5)70-56-44-32-26-20-14-6/h84-87H,9-83H2,1-8H3,(H,94,98)(H,95,99). The minimum absolute atomic E-state index is 0.0321. The number of nitrogens with one attached hydrogen (secondary N) is 2. The molecule has 2 N–H and O–H groups in total. The Morgan fingerprint density at radius 3 is 0.720 bits per heavy atom. The number of hydrogen-bond acceptors (Lipinski definition) is 12. The van der Waals surface area contributed by atoms with Crippen molar-refractivity contribution in [2.45, 2.75) is 510 Å². The van der Waals surface area contributed by atoms with Gasteiger partial charge in [-0.15, -0.1) is 0 Å². The van der Waals surface area contributed by atoms with Gasteiger partial charge in [0.15, 0.2) is 0 Å². The summed E-state index contributed by atoms with van der Waals surface area (Å²) in [5.41, 5.74) is 0. The predicted molar refractivity (Wildman–Crippen MR) is 453 cm³/mol. The molecule has 2 atom stereocenters. The summed E-state index contributed by atoms with van der Waals surface area (Å²) >= 11 is 0. The van der Waals surface area contributed by atoms with E-state index < -0.39 is 0 Å². The van der Waals surface area contributed by atoms with Crippen LogP contribution in [-0.2, 0) is 47.7 Å². The second kappa shape index (κ2) is 82.2. The smallest absolute Gasteiger partial charge is 0.306 e. The first kappa shape index (κ1) is 104. The average Bonchev–Trinajstić information content (AvgIpc) is 0.976. The fourth-order valence-corrected chi connectivity index (χ4v) is 14.9. The fourth-order valence-electron chi connectivity index (χ4n) is 14.9. The number of unbranched alkanes of at least 4 members (excludes halogenated alkanes) is 48. The first-order valence-electron chi connectivity index (χ1n) is 47.0. The van der Waals surface area contributed by atoms with Crippen molar-refractivity contribution in [3.05, 3.63) is 0 Å². The Kier molecular flexibility index (Phi) is 79.7. The molecule has 0 spiro atoms. The maximum absolute atomic E-state index is 13.5. The molecule has 0 fully saturated rings. The maximum atomic E-state index is 13.5. The quantitative estimate of drug-likeness (QED) is 0.0256. The van der Waals surface area contributed by atoms with E-state index in [0.717, 1.165) is 206 Å². The molecule has 2 unspecified atom stereocenters. The summed E-state index contributed by atoms with van der Waals surface area (Å²) in [4.78, 5) is 83.6. The number of ether oxygens (including phenoxy) is 4. The van der Waals surface area contributed by atoms with Crippen LogP contribution in [0.1, 0.15) is 486 Å². The van der Waals surface area contributed by atoms with Crippen LogP contribution in [-0.4, -0.2) is 122 Å². The molecule has 0 aliphatic rings. The Labute approximate surface area is 662 Å². The normalized spacial score (nSPS) is 12.2. The van der Waals surface area contributed by atoms with Crippen LogP contribution >= 0.6 is 0 Å². The van der Waals surface area contributed by atoms with Gasteiger partial charge >= 0.3 is 23.9 Å². The number of hydrogen-bond donors (Lipinski definition) is 2. The molecule has 632 valence electrons. The highest BCUT2D eigenvalue weighted by Gasteiger charge is 2.21. The molecule has 2 amide bonds. The van der Waals surface area contributed by atoms with Crippen LogP contribution in [0.25, 0.3) is 0 Å². The van der Waals surface area contributed by atoms with E-state index >= 15 is 0 Å². The van der Waals surface area contributed by atoms with Crippen molar-refractivity contribution in [2.75, 3.05) is 52.5 Å². The second-order valence-corrected chi connectivity index (χ2v) is 32.8. The van der Waals surface area contributed by atoms with Gasteiger partial charge in [0.2, 0.25) is 11.8 Å². The van der Waals surface area contributed by atoms with Crippen LogP contribution in [0.2, 0.25) is 0 Å². The van der Waals surface area contributed by atoms with Gasteiger partial charge in [-0.05, 0) is 156 Å². The van der Waals surface area contributed by atoms with Crippen molar-refractivity contribution in [3.8, 4) is 0 Å². The van der Waals surface area contributed by atoms with Gasteiger partial charge in [-0.25, -0.2) is 0 Å². The number of nitrogens with zero attached hydrogens (tertiary/aromatic N) is 2. The highest BCUT2D eigenvalue weighted by molar-refractivity contribution is 5.96. The van der Waals surface area contributed by atoms with E-state index in [1.54, 1.807) is 0 Å². The largest absolute Gasteiger partial charge is 0.466 e. The Morgan fingerprint density at radius 1 is 0.252 bits per heavy atom. The number of rotatable bonds is 86. The minimum Gasteiger partial charge on any atom is -0.466 e. The molecule has 107 heavy (non-hydrogen) atoms. The fraction of sp³-hybridized carbons (Fsp3) is 0.935. The summed E-state index contributed by atoms with van der Waals surface area (Å²) in [6.07, 6.45) is 73.0. The van der Waals surface area contributed by atoms with E-state index in [1.807, 2.05) is 0 Å². The van der Waals surface area contributed by atoms with Crippen molar-refractivity contribution in [2.24, 2.45) is 0 Å². The Morgan fingerprint density at radius 2 is 0.458 bits per heavy atom. The van der Waals surface area contributed by atoms with Gasteiger partial charge in [-0.3, -0.25) is 38.6 Å². The summed E-state index contributed by atoms with van der Waals surface area (Å²) in [6, 6.07) is 0.103. The van der Waals surface area contributed by atoms with E-state index in [4.69, 9.17) is 18.9 Å². The van der Waals surface area contributed by atoms with Crippen LogP contribution < -0.4 is 10.6 Å². The van der Waals surface area contributed by atoms with Crippen LogP contribution in [0.3, 0.4) is 0 Å². The number of amides is 2. The lowest BCUT2D eigenvalue weighted by atomic mass is 10.0. The van der Waals surface area contributed by atoms with Crippen LogP contribution in [0.4, 0.5) is 0 Å². The van der Waals surface area contributed by atoms with E-state index in [9.17, 15) is 28.8 Å². The Balaban J connectivity index is 5.60. The molecular formula is C93H180N4O10. The molecule has 0 aromatic carbocycles. The first-order chi connectivity index (χ1) is 52.3. The maximum Gasteiger partial charge on any atom is 0.306 e. The Bertz CT molecular complexity index is 1790. The molecule has 0 aromatic rings. The lowest BCUT2D eigenvalue weighted by Crippen LogP contribution is -2.45. The first-order valence-corrected chi connectivity index (χ1v) is 47.0. The molecule has 0 aliphatic carbocycles. The van der Waals surface area contributed by atoms with Crippen molar-refractivity contribution in [1.82, 2.24) is 20.4 Å². The molecule has 0 aromatic heterocycles. The summed E-state index contributed by atoms with van der Waals surface area (Å²) in [5, 5.41) is 6.21. The van der Waals surface area contributed by atoms with Gasteiger partial charge < -0.3 is 29.6 Å². The molecule has 0 rings (SSSR count). The predicted octanol–water partition coefficient (Wildman–Crippen LogP) is 25.8. The SMILES string of the molecule is CCCCCCCCCCCOC(=O)CCCCCN(CCCCCCCC(=O)OC(CCCCCCCC)CCCCCCCC)C(C)CNC(=O)CC(=O)NCC(C)N(CCCCCCCC(=O)OC(CCCCCCCC)CCCCCCCC)CCCCCC(=O)OCCCCCCCCCCC. The number of carbonyl (C=O) groups is 6. The van der Waals surface area contributed by atoms with Crippen molar-refractivity contribution in [1.29, 1.82) is 0 Å². The second-order valence-electron chi connectivity index (χ2n) is 32.8. The van der Waals surface area contributed by atoms with E-state index in [2.05, 4.69) is 75.8 Å². The summed E-state index contributed by atoms with van der Waals surface area (Å²) in [7, 11) is 0.